The first kappa shape index (κ1) is 20.1. The van der Waals surface area contributed by atoms with Crippen molar-refractivity contribution >= 4 is 34.3 Å². The van der Waals surface area contributed by atoms with Gasteiger partial charge >= 0.3 is 0 Å². The first-order valence-corrected chi connectivity index (χ1v) is 10.8. The second-order valence-corrected chi connectivity index (χ2v) is 8.30. The lowest BCUT2D eigenvalue weighted by Crippen LogP contribution is -2.23. The molecule has 2 heterocycles. The summed E-state index contributed by atoms with van der Waals surface area (Å²) in [5.74, 6) is 0.741. The van der Waals surface area contributed by atoms with E-state index in [4.69, 9.17) is 0 Å². The molecule has 0 saturated carbocycles. The van der Waals surface area contributed by atoms with Crippen molar-refractivity contribution in [2.45, 2.75) is 37.7 Å². The van der Waals surface area contributed by atoms with E-state index in [2.05, 4.69) is 45.0 Å². The van der Waals surface area contributed by atoms with Crippen LogP contribution in [0.5, 0.6) is 0 Å². The first-order chi connectivity index (χ1) is 14.6. The summed E-state index contributed by atoms with van der Waals surface area (Å²) in [4.78, 5) is 17.2. The van der Waals surface area contributed by atoms with E-state index in [9.17, 15) is 4.79 Å². The molecule has 4 aromatic rings. The van der Waals surface area contributed by atoms with E-state index < -0.39 is 0 Å². The smallest absolute Gasteiger partial charge is 0.237 e. The number of amides is 1. The summed E-state index contributed by atoms with van der Waals surface area (Å²) in [6.07, 6.45) is 1.75. The van der Waals surface area contributed by atoms with Crippen molar-refractivity contribution < 1.29 is 4.79 Å². The zero-order chi connectivity index (χ0) is 21.1. The molecule has 1 amide bonds. The van der Waals surface area contributed by atoms with Gasteiger partial charge in [0.05, 0.1) is 16.5 Å². The molecule has 4 rings (SSSR count). The number of aryl methyl sites for hydroxylation is 1. The summed E-state index contributed by atoms with van der Waals surface area (Å²) in [7, 11) is 0. The molecule has 1 unspecified atom stereocenters. The number of hydrogen-bond acceptors (Lipinski definition) is 5. The van der Waals surface area contributed by atoms with Crippen molar-refractivity contribution in [3.8, 4) is 11.4 Å². The van der Waals surface area contributed by atoms with Crippen molar-refractivity contribution in [3.05, 3.63) is 66.4 Å². The van der Waals surface area contributed by atoms with Crippen LogP contribution in [-0.4, -0.2) is 30.9 Å². The molecule has 152 valence electrons. The molecule has 0 saturated heterocycles. The standard InChI is InChI=1S/C23H23N5OS/c1-4-28-21(17-10-6-5-9-15(17)2)26-27-23(28)30-16(3)22(29)25-20-13-7-12-19-18(20)11-8-14-24-19/h5-14,16H,4H2,1-3H3,(H,25,29). The van der Waals surface area contributed by atoms with E-state index in [1.165, 1.54) is 11.8 Å². The van der Waals surface area contributed by atoms with Gasteiger partial charge in [-0.05, 0) is 50.6 Å². The lowest BCUT2D eigenvalue weighted by atomic mass is 10.1. The van der Waals surface area contributed by atoms with Crippen LogP contribution in [0.2, 0.25) is 0 Å². The van der Waals surface area contributed by atoms with Gasteiger partial charge in [-0.15, -0.1) is 10.2 Å². The Balaban J connectivity index is 1.54. The summed E-state index contributed by atoms with van der Waals surface area (Å²) >= 11 is 1.41. The fourth-order valence-electron chi connectivity index (χ4n) is 3.34. The lowest BCUT2D eigenvalue weighted by Gasteiger charge is -2.14. The third kappa shape index (κ3) is 3.93. The minimum Gasteiger partial charge on any atom is -0.324 e. The first-order valence-electron chi connectivity index (χ1n) is 9.89. The van der Waals surface area contributed by atoms with Crippen LogP contribution >= 0.6 is 11.8 Å². The lowest BCUT2D eigenvalue weighted by molar-refractivity contribution is -0.115. The maximum atomic E-state index is 12.9. The summed E-state index contributed by atoms with van der Waals surface area (Å²) in [5.41, 5.74) is 3.81. The predicted octanol–water partition coefficient (Wildman–Crippen LogP) is 4.94. The number of hydrogen-bond donors (Lipinski definition) is 1. The minimum absolute atomic E-state index is 0.0838. The highest BCUT2D eigenvalue weighted by molar-refractivity contribution is 8.00. The predicted molar refractivity (Wildman–Crippen MR) is 122 cm³/mol. The molecular formula is C23H23N5OS. The van der Waals surface area contributed by atoms with Gasteiger partial charge in [0.25, 0.3) is 0 Å². The van der Waals surface area contributed by atoms with Gasteiger partial charge in [-0.2, -0.15) is 0 Å². The average Bonchev–Trinajstić information content (AvgIpc) is 3.16. The number of carbonyl (C=O) groups excluding carboxylic acids is 1. The van der Waals surface area contributed by atoms with Gasteiger partial charge in [0.1, 0.15) is 0 Å². The number of anilines is 1. The Kier molecular flexibility index (Phi) is 5.81. The molecule has 1 N–H and O–H groups in total. The van der Waals surface area contributed by atoms with Crippen LogP contribution < -0.4 is 5.32 Å². The van der Waals surface area contributed by atoms with Crippen LogP contribution in [0.4, 0.5) is 5.69 Å². The summed E-state index contributed by atoms with van der Waals surface area (Å²) in [6.45, 7) is 6.73. The van der Waals surface area contributed by atoms with Crippen LogP contribution in [-0.2, 0) is 11.3 Å². The maximum Gasteiger partial charge on any atom is 0.237 e. The molecule has 0 bridgehead atoms. The van der Waals surface area contributed by atoms with Crippen LogP contribution in [0.15, 0.2) is 66.0 Å². The van der Waals surface area contributed by atoms with E-state index in [0.717, 1.165) is 45.2 Å². The molecule has 0 radical (unpaired) electrons. The van der Waals surface area contributed by atoms with Gasteiger partial charge in [0.15, 0.2) is 11.0 Å². The quantitative estimate of drug-likeness (QED) is 0.450. The minimum atomic E-state index is -0.337. The second kappa shape index (κ2) is 8.67. The van der Waals surface area contributed by atoms with E-state index in [1.54, 1.807) is 6.20 Å². The zero-order valence-corrected chi connectivity index (χ0v) is 18.0. The van der Waals surface area contributed by atoms with Gasteiger partial charge < -0.3 is 9.88 Å². The van der Waals surface area contributed by atoms with Gasteiger partial charge in [-0.25, -0.2) is 0 Å². The molecular weight excluding hydrogens is 394 g/mol. The van der Waals surface area contributed by atoms with E-state index in [1.807, 2.05) is 55.5 Å². The highest BCUT2D eigenvalue weighted by Gasteiger charge is 2.21. The monoisotopic (exact) mass is 417 g/mol. The number of thioether (sulfide) groups is 1. The fraction of sp³-hybridized carbons (Fsp3) is 0.217. The van der Waals surface area contributed by atoms with Gasteiger partial charge in [0, 0.05) is 23.7 Å². The Bertz CT molecular complexity index is 1200. The number of pyridine rings is 1. The summed E-state index contributed by atoms with van der Waals surface area (Å²) in [6, 6.07) is 17.7. The normalized spacial score (nSPS) is 12.1. The number of fused-ring (bicyclic) bond motifs is 1. The molecule has 0 aliphatic heterocycles. The van der Waals surface area contributed by atoms with Crippen LogP contribution in [0, 0.1) is 6.92 Å². The molecule has 0 fully saturated rings. The van der Waals surface area contributed by atoms with Gasteiger partial charge in [-0.3, -0.25) is 9.78 Å². The summed E-state index contributed by atoms with van der Waals surface area (Å²) < 4.78 is 2.05. The number of nitrogens with zero attached hydrogens (tertiary/aromatic N) is 4. The van der Waals surface area contributed by atoms with Crippen molar-refractivity contribution in [2.75, 3.05) is 5.32 Å². The molecule has 30 heavy (non-hydrogen) atoms. The Morgan fingerprint density at radius 1 is 1.10 bits per heavy atom. The topological polar surface area (TPSA) is 72.7 Å². The van der Waals surface area contributed by atoms with Crippen molar-refractivity contribution in [1.29, 1.82) is 0 Å². The van der Waals surface area contributed by atoms with Gasteiger partial charge in [0.2, 0.25) is 5.91 Å². The van der Waals surface area contributed by atoms with E-state index >= 15 is 0 Å². The molecule has 6 nitrogen and oxygen atoms in total. The van der Waals surface area contributed by atoms with Crippen LogP contribution in [0.1, 0.15) is 19.4 Å². The molecule has 2 aromatic carbocycles. The number of aromatic nitrogens is 4. The molecule has 7 heteroatoms. The molecule has 0 aliphatic rings. The van der Waals surface area contributed by atoms with E-state index in [0.29, 0.717) is 0 Å². The molecule has 0 spiro atoms. The van der Waals surface area contributed by atoms with Crippen LogP contribution in [0.25, 0.3) is 22.3 Å². The highest BCUT2D eigenvalue weighted by Crippen LogP contribution is 2.29. The maximum absolute atomic E-state index is 12.9. The Morgan fingerprint density at radius 2 is 1.93 bits per heavy atom. The zero-order valence-electron chi connectivity index (χ0n) is 17.2. The third-order valence-electron chi connectivity index (χ3n) is 4.97. The Hall–Kier alpha value is -3.19. The third-order valence-corrected chi connectivity index (χ3v) is 6.05. The summed E-state index contributed by atoms with van der Waals surface area (Å²) in [5, 5.41) is 13.1. The van der Waals surface area contributed by atoms with Crippen molar-refractivity contribution in [2.24, 2.45) is 0 Å². The second-order valence-electron chi connectivity index (χ2n) is 6.99. The average molecular weight is 418 g/mol. The van der Waals surface area contributed by atoms with E-state index in [-0.39, 0.29) is 11.2 Å². The number of nitrogens with one attached hydrogen (secondary N) is 1. The molecule has 0 aliphatic carbocycles. The Morgan fingerprint density at radius 3 is 2.73 bits per heavy atom. The Labute approximate surface area is 179 Å². The van der Waals surface area contributed by atoms with Crippen molar-refractivity contribution in [1.82, 2.24) is 19.7 Å². The number of benzene rings is 2. The molecule has 1 atom stereocenters. The highest BCUT2D eigenvalue weighted by atomic mass is 32.2. The van der Waals surface area contributed by atoms with Crippen molar-refractivity contribution in [3.63, 3.8) is 0 Å². The fourth-order valence-corrected chi connectivity index (χ4v) is 4.26. The largest absolute Gasteiger partial charge is 0.324 e. The number of rotatable bonds is 6. The van der Waals surface area contributed by atoms with Gasteiger partial charge in [-0.1, -0.05) is 42.1 Å². The number of carbonyl (C=O) groups is 1. The molecule has 2 aromatic heterocycles. The SMILES string of the molecule is CCn1c(SC(C)C(=O)Nc2cccc3ncccc23)nnc1-c1ccccc1C. The van der Waals surface area contributed by atoms with Crippen LogP contribution in [0.3, 0.4) is 0 Å².